The molecule has 1 heterocycles. The third-order valence-corrected chi connectivity index (χ3v) is 4.73. The van der Waals surface area contributed by atoms with Crippen LogP contribution < -0.4 is 5.32 Å². The molecule has 3 aromatic carbocycles. The number of benzene rings is 3. The number of hydrogen-bond donors (Lipinski definition) is 1. The zero-order valence-corrected chi connectivity index (χ0v) is 15.2. The predicted molar refractivity (Wildman–Crippen MR) is 107 cm³/mol. The summed E-state index contributed by atoms with van der Waals surface area (Å²) in [7, 11) is 1.94. The van der Waals surface area contributed by atoms with E-state index in [-0.39, 0.29) is 11.9 Å². The number of carbonyl (C=O) groups is 1. The highest BCUT2D eigenvalue weighted by Crippen LogP contribution is 2.21. The number of nitrogens with one attached hydrogen (secondary N) is 1. The van der Waals surface area contributed by atoms with E-state index in [9.17, 15) is 4.79 Å². The van der Waals surface area contributed by atoms with Crippen LogP contribution in [-0.2, 0) is 18.3 Å². The predicted octanol–water partition coefficient (Wildman–Crippen LogP) is 4.02. The second-order valence-corrected chi connectivity index (χ2v) is 6.67. The van der Waals surface area contributed by atoms with Gasteiger partial charge in [0.2, 0.25) is 5.91 Å². The molecule has 4 nitrogen and oxygen atoms in total. The summed E-state index contributed by atoms with van der Waals surface area (Å²) < 4.78 is 1.94. The number of amides is 1. The molecule has 1 atom stereocenters. The Morgan fingerprint density at radius 1 is 1.00 bits per heavy atom. The van der Waals surface area contributed by atoms with Gasteiger partial charge in [0, 0.05) is 19.4 Å². The van der Waals surface area contributed by atoms with Crippen molar-refractivity contribution in [2.24, 2.45) is 7.05 Å². The molecular weight excluding hydrogens is 334 g/mol. The molecule has 4 rings (SSSR count). The molecule has 0 saturated heterocycles. The Hall–Kier alpha value is -3.40. The molecule has 0 fully saturated rings. The molecule has 0 bridgehead atoms. The lowest BCUT2D eigenvalue weighted by Crippen LogP contribution is -2.32. The van der Waals surface area contributed by atoms with Crippen molar-refractivity contribution in [1.29, 1.82) is 0 Å². The topological polar surface area (TPSA) is 46.9 Å². The minimum atomic E-state index is -0.279. The van der Waals surface area contributed by atoms with E-state index in [1.807, 2.05) is 66.3 Å². The van der Waals surface area contributed by atoms with Crippen LogP contribution in [0, 0.1) is 0 Å². The van der Waals surface area contributed by atoms with Gasteiger partial charge in [0.15, 0.2) is 0 Å². The molecule has 134 valence electrons. The van der Waals surface area contributed by atoms with E-state index in [1.54, 1.807) is 6.20 Å². The fraction of sp³-hybridized carbons (Fsp3) is 0.130. The van der Waals surface area contributed by atoms with Crippen LogP contribution in [0.15, 0.2) is 85.2 Å². The summed E-state index contributed by atoms with van der Waals surface area (Å²) in [5, 5.41) is 5.47. The molecule has 27 heavy (non-hydrogen) atoms. The van der Waals surface area contributed by atoms with E-state index in [4.69, 9.17) is 0 Å². The van der Waals surface area contributed by atoms with Crippen molar-refractivity contribution in [2.75, 3.05) is 0 Å². The maximum Gasteiger partial charge on any atom is 0.225 e. The molecule has 4 heteroatoms. The van der Waals surface area contributed by atoms with E-state index in [1.165, 1.54) is 5.39 Å². The quantitative estimate of drug-likeness (QED) is 0.588. The molecule has 0 aliphatic rings. The minimum absolute atomic E-state index is 0.0258. The standard InChI is InChI=1S/C23H21N3O/c1-26-14-13-24-23(26)22(19-8-3-2-4-9-19)25-21(27)16-17-11-12-18-7-5-6-10-20(18)15-17/h2-15,22H,16H2,1H3,(H,25,27)/t22-/m1/s1. The lowest BCUT2D eigenvalue weighted by molar-refractivity contribution is -0.121. The van der Waals surface area contributed by atoms with Gasteiger partial charge in [-0.15, -0.1) is 0 Å². The first-order valence-electron chi connectivity index (χ1n) is 9.00. The van der Waals surface area contributed by atoms with Gasteiger partial charge in [-0.3, -0.25) is 4.79 Å². The third kappa shape index (κ3) is 3.75. The van der Waals surface area contributed by atoms with Crippen LogP contribution in [0.4, 0.5) is 0 Å². The first-order valence-corrected chi connectivity index (χ1v) is 9.00. The fourth-order valence-corrected chi connectivity index (χ4v) is 3.34. The van der Waals surface area contributed by atoms with E-state index < -0.39 is 0 Å². The Labute approximate surface area is 158 Å². The molecule has 1 amide bonds. The number of nitrogens with zero attached hydrogens (tertiary/aromatic N) is 2. The Balaban J connectivity index is 1.57. The number of carbonyl (C=O) groups excluding carboxylic acids is 1. The van der Waals surface area contributed by atoms with Gasteiger partial charge in [0.1, 0.15) is 11.9 Å². The number of rotatable bonds is 5. The highest BCUT2D eigenvalue weighted by Gasteiger charge is 2.20. The average molecular weight is 355 g/mol. The summed E-state index contributed by atoms with van der Waals surface area (Å²) in [6, 6.07) is 24.0. The molecule has 0 radical (unpaired) electrons. The second kappa shape index (κ2) is 7.46. The fourth-order valence-electron chi connectivity index (χ4n) is 3.34. The summed E-state index contributed by atoms with van der Waals surface area (Å²) in [6.45, 7) is 0. The molecule has 0 spiro atoms. The number of aromatic nitrogens is 2. The molecule has 0 aliphatic heterocycles. The van der Waals surface area contributed by atoms with Gasteiger partial charge < -0.3 is 9.88 Å². The maximum atomic E-state index is 12.8. The largest absolute Gasteiger partial charge is 0.342 e. The molecule has 0 saturated carbocycles. The van der Waals surface area contributed by atoms with Crippen molar-refractivity contribution in [1.82, 2.24) is 14.9 Å². The normalized spacial score (nSPS) is 12.0. The van der Waals surface area contributed by atoms with Crippen LogP contribution in [-0.4, -0.2) is 15.5 Å². The van der Waals surface area contributed by atoms with E-state index >= 15 is 0 Å². The molecule has 0 aliphatic carbocycles. The molecule has 0 unspecified atom stereocenters. The van der Waals surface area contributed by atoms with Gasteiger partial charge in [-0.2, -0.15) is 0 Å². The van der Waals surface area contributed by atoms with Crippen LogP contribution in [0.3, 0.4) is 0 Å². The highest BCUT2D eigenvalue weighted by atomic mass is 16.1. The van der Waals surface area contributed by atoms with Gasteiger partial charge >= 0.3 is 0 Å². The second-order valence-electron chi connectivity index (χ2n) is 6.67. The van der Waals surface area contributed by atoms with Crippen molar-refractivity contribution in [3.8, 4) is 0 Å². The summed E-state index contributed by atoms with van der Waals surface area (Å²) in [5.41, 5.74) is 2.01. The summed E-state index contributed by atoms with van der Waals surface area (Å²) >= 11 is 0. The van der Waals surface area contributed by atoms with E-state index in [0.29, 0.717) is 6.42 Å². The van der Waals surface area contributed by atoms with Gasteiger partial charge in [0.25, 0.3) is 0 Å². The first kappa shape index (κ1) is 17.0. The third-order valence-electron chi connectivity index (χ3n) is 4.73. The van der Waals surface area contributed by atoms with E-state index in [2.05, 4.69) is 34.6 Å². The van der Waals surface area contributed by atoms with Gasteiger partial charge in [-0.05, 0) is 21.9 Å². The SMILES string of the molecule is Cn1ccnc1[C@H](NC(=O)Cc1ccc2ccccc2c1)c1ccccc1. The van der Waals surface area contributed by atoms with Crippen molar-refractivity contribution >= 4 is 16.7 Å². The van der Waals surface area contributed by atoms with Crippen LogP contribution in [0.5, 0.6) is 0 Å². The van der Waals surface area contributed by atoms with Gasteiger partial charge in [-0.1, -0.05) is 72.8 Å². The zero-order chi connectivity index (χ0) is 18.6. The average Bonchev–Trinajstić information content (AvgIpc) is 3.12. The van der Waals surface area contributed by atoms with Crippen molar-refractivity contribution in [3.63, 3.8) is 0 Å². The number of fused-ring (bicyclic) bond motifs is 1. The molecule has 4 aromatic rings. The van der Waals surface area contributed by atoms with E-state index in [0.717, 1.165) is 22.3 Å². The monoisotopic (exact) mass is 355 g/mol. The minimum Gasteiger partial charge on any atom is -0.342 e. The Kier molecular flexibility index (Phi) is 4.71. The van der Waals surface area contributed by atoms with Crippen LogP contribution in [0.25, 0.3) is 10.8 Å². The maximum absolute atomic E-state index is 12.8. The van der Waals surface area contributed by atoms with Gasteiger partial charge in [-0.25, -0.2) is 4.98 Å². The molecular formula is C23H21N3O. The van der Waals surface area contributed by atoms with Gasteiger partial charge in [0.05, 0.1) is 6.42 Å². The Bertz CT molecular complexity index is 1070. The number of aryl methyl sites for hydroxylation is 1. The summed E-state index contributed by atoms with van der Waals surface area (Å²) in [4.78, 5) is 17.2. The lowest BCUT2D eigenvalue weighted by atomic mass is 10.0. The van der Waals surface area contributed by atoms with Crippen LogP contribution >= 0.6 is 0 Å². The summed E-state index contributed by atoms with van der Waals surface area (Å²) in [6.07, 6.45) is 3.97. The Morgan fingerprint density at radius 3 is 2.48 bits per heavy atom. The van der Waals surface area contributed by atoms with Crippen molar-refractivity contribution < 1.29 is 4.79 Å². The van der Waals surface area contributed by atoms with Crippen molar-refractivity contribution in [3.05, 3.63) is 102 Å². The number of hydrogen-bond acceptors (Lipinski definition) is 2. The van der Waals surface area contributed by atoms with Crippen LogP contribution in [0.1, 0.15) is 23.0 Å². The summed E-state index contributed by atoms with van der Waals surface area (Å²) in [5.74, 6) is 0.787. The van der Waals surface area contributed by atoms with Crippen LogP contribution in [0.2, 0.25) is 0 Å². The lowest BCUT2D eigenvalue weighted by Gasteiger charge is -2.19. The molecule has 1 aromatic heterocycles. The smallest absolute Gasteiger partial charge is 0.225 e. The van der Waals surface area contributed by atoms with Crippen molar-refractivity contribution in [2.45, 2.75) is 12.5 Å². The Morgan fingerprint density at radius 2 is 1.74 bits per heavy atom. The first-order chi connectivity index (χ1) is 13.2. The molecule has 1 N–H and O–H groups in total. The highest BCUT2D eigenvalue weighted by molar-refractivity contribution is 5.85. The zero-order valence-electron chi connectivity index (χ0n) is 15.2. The number of imidazole rings is 1.